The lowest BCUT2D eigenvalue weighted by Crippen LogP contribution is -2.48. The van der Waals surface area contributed by atoms with Gasteiger partial charge in [0.15, 0.2) is 5.96 Å². The summed E-state index contributed by atoms with van der Waals surface area (Å²) in [5, 5.41) is 3.16. The Kier molecular flexibility index (Phi) is 8.34. The summed E-state index contributed by atoms with van der Waals surface area (Å²) in [6, 6.07) is 9.49. The first-order valence-corrected chi connectivity index (χ1v) is 10.8. The molecule has 0 aliphatic carbocycles. The molecule has 1 heterocycles. The molecule has 1 aliphatic rings. The predicted molar refractivity (Wildman–Crippen MR) is 105 cm³/mol. The lowest BCUT2D eigenvalue weighted by molar-refractivity contribution is 0.0264. The van der Waals surface area contributed by atoms with Gasteiger partial charge >= 0.3 is 0 Å². The number of rotatable bonds is 8. The molecule has 8 heteroatoms. The van der Waals surface area contributed by atoms with Gasteiger partial charge in [0.1, 0.15) is 0 Å². The Morgan fingerprint density at radius 3 is 2.58 bits per heavy atom. The largest absolute Gasteiger partial charge is 0.378 e. The van der Waals surface area contributed by atoms with Gasteiger partial charge in [-0.15, -0.1) is 0 Å². The number of aliphatic imine (C=N–C) groups is 1. The highest BCUT2D eigenvalue weighted by Crippen LogP contribution is 2.13. The second-order valence-corrected chi connectivity index (χ2v) is 8.17. The quantitative estimate of drug-likeness (QED) is 0.521. The minimum Gasteiger partial charge on any atom is -0.378 e. The molecule has 0 saturated carbocycles. The molecule has 0 radical (unpaired) electrons. The van der Waals surface area contributed by atoms with Crippen molar-refractivity contribution in [2.75, 3.05) is 39.0 Å². The Balaban J connectivity index is 1.73. The van der Waals surface area contributed by atoms with E-state index >= 15 is 0 Å². The van der Waals surface area contributed by atoms with Crippen LogP contribution in [0.3, 0.4) is 0 Å². The van der Waals surface area contributed by atoms with E-state index in [0.29, 0.717) is 19.2 Å². The van der Waals surface area contributed by atoms with Gasteiger partial charge in [-0.2, -0.15) is 0 Å². The molecular weight excluding hydrogens is 352 g/mol. The number of guanidine groups is 1. The Bertz CT molecular complexity index is 656. The fraction of sp³-hybridized carbons (Fsp3) is 0.611. The number of piperidine rings is 1. The van der Waals surface area contributed by atoms with E-state index in [1.165, 1.54) is 0 Å². The summed E-state index contributed by atoms with van der Waals surface area (Å²) in [5.41, 5.74) is 0.942. The molecule has 0 spiro atoms. The molecule has 1 aromatic rings. The van der Waals surface area contributed by atoms with Crippen molar-refractivity contribution in [2.45, 2.75) is 32.4 Å². The van der Waals surface area contributed by atoms with Crippen LogP contribution in [0.25, 0.3) is 0 Å². The molecule has 2 N–H and O–H groups in total. The van der Waals surface area contributed by atoms with E-state index in [9.17, 15) is 8.42 Å². The number of hydrogen-bond donors (Lipinski definition) is 2. The maximum absolute atomic E-state index is 12.1. The van der Waals surface area contributed by atoms with Crippen LogP contribution in [0.15, 0.2) is 35.3 Å². The molecule has 1 fully saturated rings. The van der Waals surface area contributed by atoms with E-state index in [0.717, 1.165) is 44.1 Å². The third kappa shape index (κ3) is 6.93. The van der Waals surface area contributed by atoms with E-state index in [1.807, 2.05) is 37.3 Å². The second kappa shape index (κ2) is 10.5. The van der Waals surface area contributed by atoms with Crippen LogP contribution in [0.5, 0.6) is 0 Å². The summed E-state index contributed by atoms with van der Waals surface area (Å²) < 4.78 is 32.6. The number of nitrogens with zero attached hydrogens (tertiary/aromatic N) is 2. The number of ether oxygens (including phenoxy) is 1. The van der Waals surface area contributed by atoms with Gasteiger partial charge < -0.3 is 15.0 Å². The smallest absolute Gasteiger partial charge is 0.213 e. The normalized spacial score (nSPS) is 16.7. The second-order valence-electron chi connectivity index (χ2n) is 6.24. The zero-order valence-electron chi connectivity index (χ0n) is 15.6. The van der Waals surface area contributed by atoms with Crippen molar-refractivity contribution in [3.8, 4) is 0 Å². The zero-order chi connectivity index (χ0) is 18.8. The molecule has 1 aliphatic heterocycles. The van der Waals surface area contributed by atoms with Crippen LogP contribution >= 0.6 is 0 Å². The lowest BCUT2D eigenvalue weighted by atomic mass is 10.1. The first-order valence-electron chi connectivity index (χ1n) is 9.12. The molecule has 0 bridgehead atoms. The SMILES string of the molecule is CCOC1CCN(C(=NC)NCCS(=O)(=O)NCc2ccccc2)CC1. The van der Waals surface area contributed by atoms with Crippen LogP contribution in [0.4, 0.5) is 0 Å². The van der Waals surface area contributed by atoms with E-state index in [2.05, 4.69) is 19.9 Å². The first kappa shape index (κ1) is 20.7. The fourth-order valence-corrected chi connectivity index (χ4v) is 3.86. The number of nitrogens with one attached hydrogen (secondary N) is 2. The topological polar surface area (TPSA) is 83.0 Å². The first-order chi connectivity index (χ1) is 12.5. The third-order valence-electron chi connectivity index (χ3n) is 4.35. The van der Waals surface area contributed by atoms with Crippen LogP contribution in [0.2, 0.25) is 0 Å². The van der Waals surface area contributed by atoms with Crippen molar-refractivity contribution < 1.29 is 13.2 Å². The number of sulfonamides is 1. The summed E-state index contributed by atoms with van der Waals surface area (Å²) in [4.78, 5) is 6.42. The average Bonchev–Trinajstić information content (AvgIpc) is 2.66. The molecule has 2 rings (SSSR count). The minimum atomic E-state index is -3.34. The maximum Gasteiger partial charge on any atom is 0.213 e. The van der Waals surface area contributed by atoms with Crippen LogP contribution in [-0.2, 0) is 21.3 Å². The molecule has 7 nitrogen and oxygen atoms in total. The monoisotopic (exact) mass is 382 g/mol. The lowest BCUT2D eigenvalue weighted by Gasteiger charge is -2.34. The molecule has 0 aromatic heterocycles. The van der Waals surface area contributed by atoms with Gasteiger partial charge in [-0.1, -0.05) is 30.3 Å². The zero-order valence-corrected chi connectivity index (χ0v) is 16.5. The standard InChI is InChI=1S/C18H30N4O3S/c1-3-25-17-9-12-22(13-10-17)18(19-2)20-11-14-26(23,24)21-15-16-7-5-4-6-8-16/h4-8,17,21H,3,9-15H2,1-2H3,(H,19,20). The average molecular weight is 383 g/mol. The Hall–Kier alpha value is -1.64. The van der Waals surface area contributed by atoms with Crippen molar-refractivity contribution in [3.05, 3.63) is 35.9 Å². The van der Waals surface area contributed by atoms with Crippen LogP contribution in [0.1, 0.15) is 25.3 Å². The Labute approximate surface area is 156 Å². The molecule has 0 amide bonds. The highest BCUT2D eigenvalue weighted by molar-refractivity contribution is 7.89. The summed E-state index contributed by atoms with van der Waals surface area (Å²) in [6.07, 6.45) is 2.24. The van der Waals surface area contributed by atoms with Crippen molar-refractivity contribution in [3.63, 3.8) is 0 Å². The predicted octanol–water partition coefficient (Wildman–Crippen LogP) is 1.18. The van der Waals surface area contributed by atoms with Crippen molar-refractivity contribution in [1.82, 2.24) is 14.9 Å². The van der Waals surface area contributed by atoms with E-state index < -0.39 is 10.0 Å². The summed E-state index contributed by atoms with van der Waals surface area (Å²) in [7, 11) is -1.62. The van der Waals surface area contributed by atoms with E-state index in [-0.39, 0.29) is 5.75 Å². The summed E-state index contributed by atoms with van der Waals surface area (Å²) in [5.74, 6) is 0.757. The molecule has 0 atom stereocenters. The highest BCUT2D eigenvalue weighted by Gasteiger charge is 2.21. The van der Waals surface area contributed by atoms with Gasteiger partial charge in [-0.3, -0.25) is 4.99 Å². The molecular formula is C18H30N4O3S. The van der Waals surface area contributed by atoms with Crippen molar-refractivity contribution in [2.24, 2.45) is 4.99 Å². The highest BCUT2D eigenvalue weighted by atomic mass is 32.2. The van der Waals surface area contributed by atoms with Gasteiger partial charge in [-0.05, 0) is 25.3 Å². The molecule has 146 valence electrons. The molecule has 26 heavy (non-hydrogen) atoms. The molecule has 1 aromatic carbocycles. The van der Waals surface area contributed by atoms with Gasteiger partial charge in [0.25, 0.3) is 0 Å². The maximum atomic E-state index is 12.1. The third-order valence-corrected chi connectivity index (χ3v) is 5.67. The van der Waals surface area contributed by atoms with Crippen molar-refractivity contribution >= 4 is 16.0 Å². The van der Waals surface area contributed by atoms with E-state index in [4.69, 9.17) is 4.74 Å². The van der Waals surface area contributed by atoms with Crippen molar-refractivity contribution in [1.29, 1.82) is 0 Å². The summed E-state index contributed by atoms with van der Waals surface area (Å²) in [6.45, 7) is 5.11. The van der Waals surface area contributed by atoms with Gasteiger partial charge in [0.2, 0.25) is 10.0 Å². The summed E-state index contributed by atoms with van der Waals surface area (Å²) >= 11 is 0. The Morgan fingerprint density at radius 1 is 1.27 bits per heavy atom. The Morgan fingerprint density at radius 2 is 1.96 bits per heavy atom. The van der Waals surface area contributed by atoms with E-state index in [1.54, 1.807) is 7.05 Å². The number of likely N-dealkylation sites (tertiary alicyclic amines) is 1. The van der Waals surface area contributed by atoms with Crippen LogP contribution in [-0.4, -0.2) is 64.4 Å². The minimum absolute atomic E-state index is 0.00820. The number of benzene rings is 1. The van der Waals surface area contributed by atoms with Gasteiger partial charge in [0.05, 0.1) is 11.9 Å². The van der Waals surface area contributed by atoms with Gasteiger partial charge in [-0.25, -0.2) is 13.1 Å². The molecule has 1 saturated heterocycles. The fourth-order valence-electron chi connectivity index (χ4n) is 2.96. The number of hydrogen-bond acceptors (Lipinski definition) is 4. The van der Waals surface area contributed by atoms with Gasteiger partial charge in [0, 0.05) is 39.8 Å². The van der Waals surface area contributed by atoms with Crippen LogP contribution < -0.4 is 10.0 Å². The molecule has 0 unspecified atom stereocenters. The van der Waals surface area contributed by atoms with Crippen LogP contribution in [0, 0.1) is 0 Å².